The van der Waals surface area contributed by atoms with Crippen LogP contribution in [-0.4, -0.2) is 9.97 Å². The Morgan fingerprint density at radius 2 is 0.459 bits per heavy atom. The van der Waals surface area contributed by atoms with Gasteiger partial charge in [0.2, 0.25) is 0 Å². The molecule has 5 heterocycles. The summed E-state index contributed by atoms with van der Waals surface area (Å²) < 4.78 is 0. The molecule has 0 amide bonds. The van der Waals surface area contributed by atoms with Crippen LogP contribution >= 0.6 is 0 Å². The molecule has 0 saturated carbocycles. The molecule has 61 heavy (non-hydrogen) atoms. The molecule has 3 aromatic heterocycles. The summed E-state index contributed by atoms with van der Waals surface area (Å²) in [6.07, 6.45) is 8.72. The normalized spacial score (nSPS) is 12.0. The van der Waals surface area contributed by atoms with Crippen LogP contribution in [-0.2, 0) is 19.5 Å². The Morgan fingerprint density at radius 3 is 0.639 bits per heavy atom. The van der Waals surface area contributed by atoms with Gasteiger partial charge >= 0.3 is 19.5 Å². The van der Waals surface area contributed by atoms with Crippen molar-refractivity contribution in [1.82, 2.24) is 19.9 Å². The first-order valence-electron chi connectivity index (χ1n) is 21.1. The maximum atomic E-state index is 5.59. The fraction of sp³-hybridized carbons (Fsp3) is 0.214. The Labute approximate surface area is 373 Å². The Hall–Kier alpha value is -5.90. The third-order valence-corrected chi connectivity index (χ3v) is 12.3. The van der Waals surface area contributed by atoms with Crippen molar-refractivity contribution in [3.8, 4) is 44.5 Å². The molecule has 4 aromatic carbocycles. The molecule has 7 aromatic rings. The Kier molecular flexibility index (Phi) is 10.9. The summed E-state index contributed by atoms with van der Waals surface area (Å²) in [6.45, 7) is 26.3. The van der Waals surface area contributed by atoms with E-state index in [0.29, 0.717) is 0 Å². The SMILES string of the molecule is Cc1cc(C)c(-c2c3nc(c(-c4c(C)cc(C)cc4C)c4ccc([n-]4)c(-c4c(C)cc(C)cc4C)c4nc(c(-c5c(C)cc(C)cc5C)c5ccc2[n-]5)C=C4)C=C3)c(C)c1.[Rh+2]. The number of hydrogen-bond donors (Lipinski definition) is 0. The number of hydrogen-bond acceptors (Lipinski definition) is 2. The van der Waals surface area contributed by atoms with Gasteiger partial charge in [0.15, 0.2) is 0 Å². The second-order valence-electron chi connectivity index (χ2n) is 17.5. The van der Waals surface area contributed by atoms with E-state index in [1.165, 1.54) is 66.8 Å². The molecule has 2 aliphatic heterocycles. The van der Waals surface area contributed by atoms with E-state index in [0.717, 1.165) is 89.4 Å². The zero-order chi connectivity index (χ0) is 42.3. The van der Waals surface area contributed by atoms with Crippen LogP contribution in [0.1, 0.15) is 89.5 Å². The van der Waals surface area contributed by atoms with E-state index >= 15 is 0 Å². The summed E-state index contributed by atoms with van der Waals surface area (Å²) in [6, 6.07) is 26.9. The van der Waals surface area contributed by atoms with E-state index in [9.17, 15) is 0 Å². The molecule has 0 N–H and O–H groups in total. The number of benzene rings is 4. The van der Waals surface area contributed by atoms with Gasteiger partial charge in [-0.15, -0.1) is 22.1 Å². The standard InChI is InChI=1S/C56H52N4.Rh/c1-29-21-33(5)49(34(6)22-29)53-41-13-15-43(57-41)54(50-35(7)23-30(2)24-36(50)8)45-17-19-47(59-45)56(52-39(11)27-32(4)28-40(52)12)48-20-18-46(60-48)55(44-16-14-42(53)58-44)51-37(9)25-31(3)26-38(51)10;/h13-28H,1-12H3;/q-2;+2. The van der Waals surface area contributed by atoms with Crippen molar-refractivity contribution in [2.45, 2.75) is 83.1 Å². The van der Waals surface area contributed by atoms with Crippen LogP contribution in [0, 0.1) is 83.1 Å². The second-order valence-corrected chi connectivity index (χ2v) is 17.5. The summed E-state index contributed by atoms with van der Waals surface area (Å²) >= 11 is 0. The smallest absolute Gasteiger partial charge is 0.657 e. The zero-order valence-corrected chi connectivity index (χ0v) is 39.0. The van der Waals surface area contributed by atoms with Crippen molar-refractivity contribution >= 4 is 46.4 Å². The second kappa shape index (κ2) is 15.9. The Balaban J connectivity index is 0.00000514. The molecule has 4 nitrogen and oxygen atoms in total. The van der Waals surface area contributed by atoms with E-state index in [4.69, 9.17) is 19.9 Å². The van der Waals surface area contributed by atoms with E-state index in [-0.39, 0.29) is 19.5 Å². The van der Waals surface area contributed by atoms with E-state index in [1.807, 2.05) is 0 Å². The number of aryl methyl sites for hydroxylation is 12. The van der Waals surface area contributed by atoms with Crippen molar-refractivity contribution in [2.75, 3.05) is 0 Å². The third kappa shape index (κ3) is 7.27. The number of rotatable bonds is 4. The average Bonchev–Trinajstić information content (AvgIpc) is 3.99. The Morgan fingerprint density at radius 1 is 0.279 bits per heavy atom. The first-order chi connectivity index (χ1) is 28.7. The van der Waals surface area contributed by atoms with Crippen molar-refractivity contribution in [3.05, 3.63) is 162 Å². The van der Waals surface area contributed by atoms with Gasteiger partial charge in [0, 0.05) is 0 Å². The zero-order valence-electron chi connectivity index (χ0n) is 37.4. The van der Waals surface area contributed by atoms with Gasteiger partial charge in [0.25, 0.3) is 0 Å². The van der Waals surface area contributed by atoms with Crippen molar-refractivity contribution in [3.63, 3.8) is 0 Å². The summed E-state index contributed by atoms with van der Waals surface area (Å²) in [7, 11) is 0. The molecule has 0 atom stereocenters. The molecular formula is C56H52N4Rh. The topological polar surface area (TPSA) is 54.0 Å². The summed E-state index contributed by atoms with van der Waals surface area (Å²) in [5.41, 5.74) is 30.4. The molecule has 0 unspecified atom stereocenters. The van der Waals surface area contributed by atoms with Gasteiger partial charge in [-0.05, 0) is 196 Å². The molecule has 2 aliphatic rings. The molecule has 8 bridgehead atoms. The first-order valence-corrected chi connectivity index (χ1v) is 21.1. The summed E-state index contributed by atoms with van der Waals surface area (Å²) in [5, 5.41) is 0. The van der Waals surface area contributed by atoms with E-state index in [2.05, 4.69) is 180 Å². The summed E-state index contributed by atoms with van der Waals surface area (Å²) in [4.78, 5) is 22.4. The third-order valence-electron chi connectivity index (χ3n) is 12.3. The minimum absolute atomic E-state index is 0. The fourth-order valence-corrected chi connectivity index (χ4v) is 10.4. The van der Waals surface area contributed by atoms with E-state index in [1.54, 1.807) is 0 Å². The molecule has 0 spiro atoms. The molecule has 0 aliphatic carbocycles. The minimum atomic E-state index is 0. The van der Waals surface area contributed by atoms with Gasteiger partial charge in [-0.2, -0.15) is 0 Å². The first kappa shape index (κ1) is 41.8. The van der Waals surface area contributed by atoms with Crippen molar-refractivity contribution < 1.29 is 19.5 Å². The molecule has 0 fully saturated rings. The van der Waals surface area contributed by atoms with Crippen LogP contribution in [0.3, 0.4) is 0 Å². The predicted octanol–water partition coefficient (Wildman–Crippen LogP) is 14.3. The minimum Gasteiger partial charge on any atom is -0.657 e. The monoisotopic (exact) mass is 883 g/mol. The van der Waals surface area contributed by atoms with E-state index < -0.39 is 0 Å². The number of nitrogens with zero attached hydrogens (tertiary/aromatic N) is 4. The molecule has 9 rings (SSSR count). The summed E-state index contributed by atoms with van der Waals surface area (Å²) in [5.74, 6) is 0. The quantitative estimate of drug-likeness (QED) is 0.165. The van der Waals surface area contributed by atoms with Crippen molar-refractivity contribution in [2.24, 2.45) is 0 Å². The van der Waals surface area contributed by atoms with Gasteiger partial charge in [0.1, 0.15) is 0 Å². The average molecular weight is 884 g/mol. The van der Waals surface area contributed by atoms with Gasteiger partial charge in [-0.3, -0.25) is 0 Å². The maximum Gasteiger partial charge on any atom is 2.00 e. The largest absolute Gasteiger partial charge is 2.00 e. The van der Waals surface area contributed by atoms with Crippen LogP contribution < -0.4 is 9.97 Å². The van der Waals surface area contributed by atoms with Gasteiger partial charge < -0.3 is 9.97 Å². The van der Waals surface area contributed by atoms with Crippen LogP contribution in [0.25, 0.3) is 90.9 Å². The molecule has 305 valence electrons. The maximum absolute atomic E-state index is 5.59. The van der Waals surface area contributed by atoms with Crippen LogP contribution in [0.2, 0.25) is 0 Å². The molecule has 1 radical (unpaired) electrons. The van der Waals surface area contributed by atoms with Gasteiger partial charge in [0.05, 0.1) is 22.8 Å². The molecule has 5 heteroatoms. The van der Waals surface area contributed by atoms with Crippen LogP contribution in [0.5, 0.6) is 0 Å². The van der Waals surface area contributed by atoms with Crippen molar-refractivity contribution in [1.29, 1.82) is 0 Å². The van der Waals surface area contributed by atoms with Gasteiger partial charge in [-0.1, -0.05) is 95.1 Å². The fourth-order valence-electron chi connectivity index (χ4n) is 10.4. The molecular weight excluding hydrogens is 832 g/mol. The van der Waals surface area contributed by atoms with Crippen LogP contribution in [0.4, 0.5) is 0 Å². The Bertz CT molecular complexity index is 2710. The number of fused-ring (bicyclic) bond motifs is 8. The number of aromatic nitrogens is 4. The predicted molar refractivity (Wildman–Crippen MR) is 255 cm³/mol. The van der Waals surface area contributed by atoms with Crippen LogP contribution in [0.15, 0.2) is 72.8 Å². The van der Waals surface area contributed by atoms with Gasteiger partial charge in [-0.25, -0.2) is 9.97 Å². The molecule has 0 saturated heterocycles.